The average Bonchev–Trinajstić information content (AvgIpc) is 2.43. The zero-order valence-corrected chi connectivity index (χ0v) is 13.3. The quantitative estimate of drug-likeness (QED) is 0.891. The van der Waals surface area contributed by atoms with Gasteiger partial charge < -0.3 is 10.4 Å². The van der Waals surface area contributed by atoms with Crippen molar-refractivity contribution in [3.05, 3.63) is 63.2 Å². The number of carboxylic acids is 1. The number of nitrogens with one attached hydrogen (secondary N) is 1. The lowest BCUT2D eigenvalue weighted by atomic mass is 10.1. The van der Waals surface area contributed by atoms with Gasteiger partial charge in [0, 0.05) is 16.3 Å². The summed E-state index contributed by atoms with van der Waals surface area (Å²) >= 11 is 6.10. The minimum absolute atomic E-state index is 0.215. The van der Waals surface area contributed by atoms with E-state index < -0.39 is 5.97 Å². The topological polar surface area (TPSA) is 66.4 Å². The molecular formula is C17H16ClNO3. The number of carbonyl (C=O) groups is 2. The van der Waals surface area contributed by atoms with Gasteiger partial charge in [0.25, 0.3) is 5.91 Å². The van der Waals surface area contributed by atoms with E-state index in [2.05, 4.69) is 5.32 Å². The summed E-state index contributed by atoms with van der Waals surface area (Å²) in [5.74, 6) is -1.27. The number of carbonyl (C=O) groups excluding carboxylic acids is 1. The highest BCUT2D eigenvalue weighted by Gasteiger charge is 2.12. The van der Waals surface area contributed by atoms with Gasteiger partial charge in [-0.1, -0.05) is 11.6 Å². The minimum Gasteiger partial charge on any atom is -0.478 e. The van der Waals surface area contributed by atoms with E-state index in [1.54, 1.807) is 31.2 Å². The van der Waals surface area contributed by atoms with Crippen LogP contribution in [0.15, 0.2) is 30.3 Å². The van der Waals surface area contributed by atoms with Crippen molar-refractivity contribution in [3.63, 3.8) is 0 Å². The molecule has 0 aliphatic carbocycles. The molecule has 1 amide bonds. The van der Waals surface area contributed by atoms with Gasteiger partial charge in [-0.3, -0.25) is 4.79 Å². The summed E-state index contributed by atoms with van der Waals surface area (Å²) in [6.07, 6.45) is 0. The summed E-state index contributed by atoms with van der Waals surface area (Å²) in [5, 5.41) is 12.3. The Hall–Kier alpha value is -2.33. The number of hydrogen-bond donors (Lipinski definition) is 2. The molecular weight excluding hydrogens is 302 g/mol. The molecule has 2 N–H and O–H groups in total. The molecule has 0 radical (unpaired) electrons. The first-order valence-corrected chi connectivity index (χ1v) is 7.09. The van der Waals surface area contributed by atoms with Crippen molar-refractivity contribution in [1.82, 2.24) is 0 Å². The number of aromatic carboxylic acids is 1. The second kappa shape index (κ2) is 6.20. The predicted octanol–water partition coefficient (Wildman–Crippen LogP) is 4.22. The Bertz CT molecular complexity index is 745. The Kier molecular flexibility index (Phi) is 4.52. The van der Waals surface area contributed by atoms with Crippen LogP contribution in [0, 0.1) is 20.8 Å². The molecule has 0 aliphatic rings. The molecule has 2 aromatic rings. The first-order valence-electron chi connectivity index (χ1n) is 6.71. The summed E-state index contributed by atoms with van der Waals surface area (Å²) in [4.78, 5) is 23.3. The molecule has 0 spiro atoms. The normalized spacial score (nSPS) is 10.4. The van der Waals surface area contributed by atoms with Gasteiger partial charge >= 0.3 is 5.97 Å². The maximum Gasteiger partial charge on any atom is 0.335 e. The molecule has 0 bridgehead atoms. The van der Waals surface area contributed by atoms with Crippen molar-refractivity contribution in [2.45, 2.75) is 20.8 Å². The van der Waals surface area contributed by atoms with Gasteiger partial charge in [-0.05, 0) is 67.8 Å². The number of anilines is 1. The highest BCUT2D eigenvalue weighted by atomic mass is 35.5. The maximum atomic E-state index is 12.3. The van der Waals surface area contributed by atoms with Crippen LogP contribution in [-0.4, -0.2) is 17.0 Å². The van der Waals surface area contributed by atoms with Crippen LogP contribution < -0.4 is 5.32 Å². The van der Waals surface area contributed by atoms with Crippen LogP contribution >= 0.6 is 11.6 Å². The molecule has 0 unspecified atom stereocenters. The SMILES string of the molecule is Cc1cc(NC(=O)c2cc(C)c(C)c(Cl)c2)ccc1C(=O)O. The minimum atomic E-state index is -0.990. The fourth-order valence-corrected chi connectivity index (χ4v) is 2.40. The number of carboxylic acid groups (broad SMARTS) is 1. The van der Waals surface area contributed by atoms with Gasteiger partial charge in [0.1, 0.15) is 0 Å². The maximum absolute atomic E-state index is 12.3. The number of amides is 1. The Labute approximate surface area is 133 Å². The van der Waals surface area contributed by atoms with Crippen molar-refractivity contribution in [2.24, 2.45) is 0 Å². The third kappa shape index (κ3) is 3.28. The van der Waals surface area contributed by atoms with Crippen molar-refractivity contribution in [1.29, 1.82) is 0 Å². The fraction of sp³-hybridized carbons (Fsp3) is 0.176. The molecule has 4 nitrogen and oxygen atoms in total. The number of aryl methyl sites for hydroxylation is 2. The number of hydrogen-bond acceptors (Lipinski definition) is 2. The number of benzene rings is 2. The zero-order valence-electron chi connectivity index (χ0n) is 12.5. The molecule has 2 aromatic carbocycles. The van der Waals surface area contributed by atoms with Gasteiger partial charge in [0.05, 0.1) is 5.56 Å². The summed E-state index contributed by atoms with van der Waals surface area (Å²) < 4.78 is 0. The first kappa shape index (κ1) is 16.0. The van der Waals surface area contributed by atoms with Crippen LogP contribution in [0.2, 0.25) is 5.02 Å². The Balaban J connectivity index is 2.26. The van der Waals surface area contributed by atoms with Gasteiger partial charge in [-0.15, -0.1) is 0 Å². The molecule has 0 atom stereocenters. The molecule has 2 rings (SSSR count). The van der Waals surface area contributed by atoms with E-state index in [1.807, 2.05) is 13.8 Å². The average molecular weight is 318 g/mol. The summed E-state index contributed by atoms with van der Waals surface area (Å²) in [5.41, 5.74) is 3.69. The molecule has 22 heavy (non-hydrogen) atoms. The van der Waals surface area contributed by atoms with Crippen molar-refractivity contribution < 1.29 is 14.7 Å². The lowest BCUT2D eigenvalue weighted by molar-refractivity contribution is 0.0696. The van der Waals surface area contributed by atoms with Crippen LogP contribution in [0.4, 0.5) is 5.69 Å². The van der Waals surface area contributed by atoms with E-state index in [0.29, 0.717) is 21.8 Å². The van der Waals surface area contributed by atoms with Crippen molar-refractivity contribution in [2.75, 3.05) is 5.32 Å². The lowest BCUT2D eigenvalue weighted by Crippen LogP contribution is -2.13. The van der Waals surface area contributed by atoms with E-state index in [0.717, 1.165) is 11.1 Å². The monoisotopic (exact) mass is 317 g/mol. The third-order valence-electron chi connectivity index (χ3n) is 3.58. The van der Waals surface area contributed by atoms with Crippen LogP contribution in [0.1, 0.15) is 37.4 Å². The van der Waals surface area contributed by atoms with Gasteiger partial charge in [-0.2, -0.15) is 0 Å². The summed E-state index contributed by atoms with van der Waals surface area (Å²) in [6, 6.07) is 8.06. The zero-order chi connectivity index (χ0) is 16.4. The summed E-state index contributed by atoms with van der Waals surface area (Å²) in [6.45, 7) is 5.48. The number of rotatable bonds is 3. The smallest absolute Gasteiger partial charge is 0.335 e. The van der Waals surface area contributed by atoms with E-state index in [-0.39, 0.29) is 11.5 Å². The standard InChI is InChI=1S/C17H16ClNO3/c1-9-6-12(8-15(18)11(9)3)16(20)19-13-4-5-14(17(21)22)10(2)7-13/h4-8H,1-3H3,(H,19,20)(H,21,22). The highest BCUT2D eigenvalue weighted by molar-refractivity contribution is 6.32. The van der Waals surface area contributed by atoms with E-state index in [4.69, 9.17) is 16.7 Å². The Morgan fingerprint density at radius 3 is 2.27 bits per heavy atom. The van der Waals surface area contributed by atoms with Crippen molar-refractivity contribution in [3.8, 4) is 0 Å². The molecule has 5 heteroatoms. The Morgan fingerprint density at radius 2 is 1.73 bits per heavy atom. The van der Waals surface area contributed by atoms with E-state index >= 15 is 0 Å². The highest BCUT2D eigenvalue weighted by Crippen LogP contribution is 2.22. The van der Waals surface area contributed by atoms with E-state index in [9.17, 15) is 9.59 Å². The van der Waals surface area contributed by atoms with E-state index in [1.165, 1.54) is 6.07 Å². The summed E-state index contributed by atoms with van der Waals surface area (Å²) in [7, 11) is 0. The fourth-order valence-electron chi connectivity index (χ4n) is 2.13. The lowest BCUT2D eigenvalue weighted by Gasteiger charge is -2.10. The molecule has 0 heterocycles. The molecule has 0 aromatic heterocycles. The van der Waals surface area contributed by atoms with Crippen LogP contribution in [0.25, 0.3) is 0 Å². The largest absolute Gasteiger partial charge is 0.478 e. The van der Waals surface area contributed by atoms with Crippen molar-refractivity contribution >= 4 is 29.2 Å². The van der Waals surface area contributed by atoms with Crippen LogP contribution in [-0.2, 0) is 0 Å². The second-order valence-corrected chi connectivity index (χ2v) is 5.60. The van der Waals surface area contributed by atoms with Gasteiger partial charge in [0.2, 0.25) is 0 Å². The second-order valence-electron chi connectivity index (χ2n) is 5.19. The Morgan fingerprint density at radius 1 is 1.05 bits per heavy atom. The van der Waals surface area contributed by atoms with Gasteiger partial charge in [-0.25, -0.2) is 4.79 Å². The molecule has 0 fully saturated rings. The molecule has 0 saturated heterocycles. The van der Waals surface area contributed by atoms with Gasteiger partial charge in [0.15, 0.2) is 0 Å². The number of halogens is 1. The predicted molar refractivity (Wildman–Crippen MR) is 87.0 cm³/mol. The van der Waals surface area contributed by atoms with Crippen LogP contribution in [0.3, 0.4) is 0 Å². The molecule has 114 valence electrons. The third-order valence-corrected chi connectivity index (χ3v) is 3.97. The first-order chi connectivity index (χ1) is 10.3. The van der Waals surface area contributed by atoms with Crippen LogP contribution in [0.5, 0.6) is 0 Å². The molecule has 0 saturated carbocycles. The molecule has 0 aliphatic heterocycles.